The molecule has 18 heavy (non-hydrogen) atoms. The first-order chi connectivity index (χ1) is 8.61. The molecule has 0 N–H and O–H groups in total. The first-order valence-electron chi connectivity index (χ1n) is 6.93. The number of hydrogen-bond donors (Lipinski definition) is 0. The lowest BCUT2D eigenvalue weighted by Gasteiger charge is -2.24. The SMILES string of the molecule is CCCCN(c1cc(Cl)nc(C(C)C)n1)C1CC1. The molecular weight excluding hydrogens is 246 g/mol. The van der Waals surface area contributed by atoms with Crippen LogP contribution < -0.4 is 4.90 Å². The van der Waals surface area contributed by atoms with E-state index in [9.17, 15) is 0 Å². The van der Waals surface area contributed by atoms with E-state index in [1.165, 1.54) is 25.7 Å². The Morgan fingerprint density at radius 1 is 1.39 bits per heavy atom. The molecule has 4 heteroatoms. The van der Waals surface area contributed by atoms with Crippen molar-refractivity contribution < 1.29 is 0 Å². The van der Waals surface area contributed by atoms with E-state index in [-0.39, 0.29) is 0 Å². The van der Waals surface area contributed by atoms with E-state index < -0.39 is 0 Å². The Bertz CT molecular complexity index is 402. The second kappa shape index (κ2) is 5.87. The van der Waals surface area contributed by atoms with Gasteiger partial charge in [-0.15, -0.1) is 0 Å². The zero-order valence-electron chi connectivity index (χ0n) is 11.5. The van der Waals surface area contributed by atoms with Gasteiger partial charge in [0.05, 0.1) is 0 Å². The van der Waals surface area contributed by atoms with Crippen molar-refractivity contribution in [3.05, 3.63) is 17.0 Å². The summed E-state index contributed by atoms with van der Waals surface area (Å²) in [6, 6.07) is 2.57. The van der Waals surface area contributed by atoms with Gasteiger partial charge in [0.1, 0.15) is 16.8 Å². The second-order valence-corrected chi connectivity index (χ2v) is 5.73. The zero-order chi connectivity index (χ0) is 13.1. The third kappa shape index (κ3) is 3.35. The van der Waals surface area contributed by atoms with Gasteiger partial charge in [0.15, 0.2) is 0 Å². The predicted octanol–water partition coefficient (Wildman–Crippen LogP) is 4.02. The van der Waals surface area contributed by atoms with Crippen molar-refractivity contribution in [3.8, 4) is 0 Å². The van der Waals surface area contributed by atoms with Gasteiger partial charge >= 0.3 is 0 Å². The Balaban J connectivity index is 2.23. The van der Waals surface area contributed by atoms with Crippen LogP contribution in [0.1, 0.15) is 58.2 Å². The van der Waals surface area contributed by atoms with Gasteiger partial charge in [0.2, 0.25) is 0 Å². The molecule has 1 heterocycles. The van der Waals surface area contributed by atoms with Crippen LogP contribution in [0.15, 0.2) is 6.07 Å². The van der Waals surface area contributed by atoms with Gasteiger partial charge in [-0.05, 0) is 19.3 Å². The van der Waals surface area contributed by atoms with Crippen LogP contribution in [0.3, 0.4) is 0 Å². The lowest BCUT2D eigenvalue weighted by Crippen LogP contribution is -2.28. The molecule has 0 radical (unpaired) electrons. The monoisotopic (exact) mass is 267 g/mol. The summed E-state index contributed by atoms with van der Waals surface area (Å²) in [5.74, 6) is 2.17. The highest BCUT2D eigenvalue weighted by molar-refractivity contribution is 6.29. The molecular formula is C14H22ClN3. The average Bonchev–Trinajstić information content (AvgIpc) is 3.13. The van der Waals surface area contributed by atoms with Crippen LogP contribution in [0.4, 0.5) is 5.82 Å². The van der Waals surface area contributed by atoms with Gasteiger partial charge in [-0.3, -0.25) is 0 Å². The van der Waals surface area contributed by atoms with Crippen LogP contribution in [-0.2, 0) is 0 Å². The lowest BCUT2D eigenvalue weighted by molar-refractivity contribution is 0.692. The molecule has 1 aliphatic carbocycles. The van der Waals surface area contributed by atoms with Gasteiger partial charge in [-0.1, -0.05) is 38.8 Å². The van der Waals surface area contributed by atoms with Gasteiger partial charge < -0.3 is 4.90 Å². The lowest BCUT2D eigenvalue weighted by atomic mass is 10.2. The van der Waals surface area contributed by atoms with Crippen molar-refractivity contribution >= 4 is 17.4 Å². The first-order valence-corrected chi connectivity index (χ1v) is 7.30. The summed E-state index contributed by atoms with van der Waals surface area (Å²) in [5, 5.41) is 0.561. The molecule has 1 aromatic heterocycles. The fourth-order valence-electron chi connectivity index (χ4n) is 2.03. The van der Waals surface area contributed by atoms with E-state index in [2.05, 4.69) is 35.6 Å². The van der Waals surface area contributed by atoms with Crippen LogP contribution in [0.5, 0.6) is 0 Å². The number of aromatic nitrogens is 2. The van der Waals surface area contributed by atoms with Gasteiger partial charge in [0, 0.05) is 24.6 Å². The molecule has 1 saturated carbocycles. The van der Waals surface area contributed by atoms with Gasteiger partial charge in [-0.25, -0.2) is 9.97 Å². The summed E-state index contributed by atoms with van der Waals surface area (Å²) in [6.07, 6.45) is 4.97. The van der Waals surface area contributed by atoms with Crippen molar-refractivity contribution in [2.75, 3.05) is 11.4 Å². The quantitative estimate of drug-likeness (QED) is 0.729. The number of rotatable bonds is 6. The van der Waals surface area contributed by atoms with E-state index in [4.69, 9.17) is 11.6 Å². The Kier molecular flexibility index (Phi) is 4.44. The summed E-state index contributed by atoms with van der Waals surface area (Å²) >= 11 is 6.12. The van der Waals surface area contributed by atoms with Crippen LogP contribution in [0, 0.1) is 0 Å². The Morgan fingerprint density at radius 2 is 2.11 bits per heavy atom. The standard InChI is InChI=1S/C14H22ClN3/c1-4-5-8-18(11-6-7-11)13-9-12(15)16-14(17-13)10(2)3/h9-11H,4-8H2,1-3H3. The second-order valence-electron chi connectivity index (χ2n) is 5.34. The Labute approximate surface area is 115 Å². The Hall–Kier alpha value is -0.830. The van der Waals surface area contributed by atoms with Crippen LogP contribution in [0.2, 0.25) is 5.15 Å². The van der Waals surface area contributed by atoms with Crippen molar-refractivity contribution in [2.45, 2.75) is 58.4 Å². The number of anilines is 1. The topological polar surface area (TPSA) is 29.0 Å². The minimum Gasteiger partial charge on any atom is -0.353 e. The molecule has 100 valence electrons. The number of halogens is 1. The predicted molar refractivity (Wildman–Crippen MR) is 76.4 cm³/mol. The fraction of sp³-hybridized carbons (Fsp3) is 0.714. The van der Waals surface area contributed by atoms with Crippen molar-refractivity contribution in [2.24, 2.45) is 0 Å². The fourth-order valence-corrected chi connectivity index (χ4v) is 2.21. The van der Waals surface area contributed by atoms with Gasteiger partial charge in [0.25, 0.3) is 0 Å². The average molecular weight is 268 g/mol. The van der Waals surface area contributed by atoms with E-state index >= 15 is 0 Å². The number of nitrogens with zero attached hydrogens (tertiary/aromatic N) is 3. The van der Waals surface area contributed by atoms with E-state index in [1.807, 2.05) is 6.07 Å². The zero-order valence-corrected chi connectivity index (χ0v) is 12.2. The summed E-state index contributed by atoms with van der Waals surface area (Å²) in [4.78, 5) is 11.4. The van der Waals surface area contributed by atoms with Crippen LogP contribution in [-0.4, -0.2) is 22.6 Å². The molecule has 3 nitrogen and oxygen atoms in total. The normalized spacial score (nSPS) is 15.2. The van der Waals surface area contributed by atoms with Crippen molar-refractivity contribution in [1.29, 1.82) is 0 Å². The molecule has 0 atom stereocenters. The third-order valence-corrected chi connectivity index (χ3v) is 3.44. The highest BCUT2D eigenvalue weighted by Gasteiger charge is 2.30. The molecule has 0 amide bonds. The van der Waals surface area contributed by atoms with Crippen LogP contribution in [0.25, 0.3) is 0 Å². The molecule has 1 aliphatic rings. The molecule has 0 aromatic carbocycles. The van der Waals surface area contributed by atoms with Gasteiger partial charge in [-0.2, -0.15) is 0 Å². The van der Waals surface area contributed by atoms with E-state index in [0.717, 1.165) is 18.2 Å². The van der Waals surface area contributed by atoms with E-state index in [0.29, 0.717) is 17.1 Å². The minimum atomic E-state index is 0.315. The molecule has 1 fully saturated rings. The molecule has 2 rings (SSSR count). The number of unbranched alkanes of at least 4 members (excludes halogenated alkanes) is 1. The maximum Gasteiger partial charge on any atom is 0.135 e. The maximum atomic E-state index is 6.12. The van der Waals surface area contributed by atoms with Crippen molar-refractivity contribution in [1.82, 2.24) is 9.97 Å². The summed E-state index contributed by atoms with van der Waals surface area (Å²) in [7, 11) is 0. The van der Waals surface area contributed by atoms with Crippen molar-refractivity contribution in [3.63, 3.8) is 0 Å². The highest BCUT2D eigenvalue weighted by Crippen LogP contribution is 2.32. The number of hydrogen-bond acceptors (Lipinski definition) is 3. The summed E-state index contributed by atoms with van der Waals surface area (Å²) in [5.41, 5.74) is 0. The molecule has 0 saturated heterocycles. The van der Waals surface area contributed by atoms with Crippen LogP contribution >= 0.6 is 11.6 Å². The summed E-state index contributed by atoms with van der Waals surface area (Å²) in [6.45, 7) is 7.50. The largest absolute Gasteiger partial charge is 0.353 e. The molecule has 0 spiro atoms. The Morgan fingerprint density at radius 3 is 2.67 bits per heavy atom. The third-order valence-electron chi connectivity index (χ3n) is 3.25. The molecule has 0 unspecified atom stereocenters. The molecule has 1 aromatic rings. The minimum absolute atomic E-state index is 0.315. The smallest absolute Gasteiger partial charge is 0.135 e. The molecule has 0 aliphatic heterocycles. The summed E-state index contributed by atoms with van der Waals surface area (Å²) < 4.78 is 0. The molecule has 0 bridgehead atoms. The maximum absolute atomic E-state index is 6.12. The first kappa shape index (κ1) is 13.6. The van der Waals surface area contributed by atoms with E-state index in [1.54, 1.807) is 0 Å². The highest BCUT2D eigenvalue weighted by atomic mass is 35.5.